The minimum atomic E-state index is -0.214. The van der Waals surface area contributed by atoms with E-state index in [2.05, 4.69) is 20.6 Å². The van der Waals surface area contributed by atoms with Crippen molar-refractivity contribution in [3.63, 3.8) is 0 Å². The normalized spacial score (nSPS) is 12.1. The first kappa shape index (κ1) is 19.6. The minimum absolute atomic E-state index is 0.125. The molecule has 0 aliphatic rings. The topological polar surface area (TPSA) is 95.1 Å². The zero-order chi connectivity index (χ0) is 21.3. The summed E-state index contributed by atoms with van der Waals surface area (Å²) in [4.78, 5) is 17.6. The molecule has 0 radical (unpaired) electrons. The number of rotatable bonds is 6. The van der Waals surface area contributed by atoms with Gasteiger partial charge in [0.25, 0.3) is 11.6 Å². The second kappa shape index (κ2) is 7.98. The van der Waals surface area contributed by atoms with E-state index in [0.717, 1.165) is 11.3 Å². The van der Waals surface area contributed by atoms with Crippen LogP contribution in [-0.4, -0.2) is 39.0 Å². The molecule has 0 aliphatic carbocycles. The molecule has 1 N–H and O–H groups in total. The Morgan fingerprint density at radius 3 is 2.80 bits per heavy atom. The lowest BCUT2D eigenvalue weighted by Crippen LogP contribution is -2.36. The van der Waals surface area contributed by atoms with Gasteiger partial charge in [0.15, 0.2) is 0 Å². The fourth-order valence-electron chi connectivity index (χ4n) is 3.41. The van der Waals surface area contributed by atoms with Crippen LogP contribution in [0.5, 0.6) is 5.75 Å². The summed E-state index contributed by atoms with van der Waals surface area (Å²) < 4.78 is 12.6. The van der Waals surface area contributed by atoms with Gasteiger partial charge in [-0.1, -0.05) is 17.3 Å². The van der Waals surface area contributed by atoms with E-state index in [0.29, 0.717) is 40.3 Å². The van der Waals surface area contributed by atoms with Gasteiger partial charge in [0.2, 0.25) is 0 Å². The van der Waals surface area contributed by atoms with E-state index in [1.807, 2.05) is 62.0 Å². The summed E-state index contributed by atoms with van der Waals surface area (Å²) in [6, 6.07) is 11.0. The maximum absolute atomic E-state index is 13.2. The Labute approximate surface area is 173 Å². The number of fused-ring (bicyclic) bond motifs is 1. The highest BCUT2D eigenvalue weighted by atomic mass is 16.5. The zero-order valence-corrected chi connectivity index (χ0v) is 17.3. The Hall–Kier alpha value is -3.68. The number of aromatic nitrogens is 4. The van der Waals surface area contributed by atoms with Crippen molar-refractivity contribution in [2.45, 2.75) is 33.4 Å². The van der Waals surface area contributed by atoms with Gasteiger partial charge < -0.3 is 14.6 Å². The Morgan fingerprint density at radius 1 is 1.23 bits per heavy atom. The lowest BCUT2D eigenvalue weighted by atomic mass is 10.0. The molecule has 1 unspecified atom stereocenters. The van der Waals surface area contributed by atoms with Gasteiger partial charge in [-0.05, 0) is 45.0 Å². The van der Waals surface area contributed by atoms with Crippen molar-refractivity contribution in [3.05, 3.63) is 59.5 Å². The maximum atomic E-state index is 13.2. The number of amides is 1. The summed E-state index contributed by atoms with van der Waals surface area (Å²) >= 11 is 0. The van der Waals surface area contributed by atoms with Crippen LogP contribution < -0.4 is 10.1 Å². The van der Waals surface area contributed by atoms with Crippen molar-refractivity contribution in [3.8, 4) is 17.0 Å². The highest BCUT2D eigenvalue weighted by molar-refractivity contribution is 6.09. The first-order valence-corrected chi connectivity index (χ1v) is 9.67. The van der Waals surface area contributed by atoms with Crippen LogP contribution in [0.1, 0.15) is 28.7 Å². The molecule has 0 aliphatic heterocycles. The summed E-state index contributed by atoms with van der Waals surface area (Å²) in [5.41, 5.74) is 3.75. The monoisotopic (exact) mass is 405 g/mol. The SMILES string of the molecule is COc1cccc(-c2noc3nc(C)cc(C(=O)NC(C)Cn4ccc(C)n4)c23)c1. The van der Waals surface area contributed by atoms with Crippen molar-refractivity contribution < 1.29 is 14.1 Å². The number of ether oxygens (including phenoxy) is 1. The molecule has 1 atom stereocenters. The number of nitrogens with one attached hydrogen (secondary N) is 1. The van der Waals surface area contributed by atoms with E-state index >= 15 is 0 Å². The second-order valence-corrected chi connectivity index (χ2v) is 7.31. The molecule has 4 rings (SSSR count). The molecule has 3 heterocycles. The molecule has 8 nitrogen and oxygen atoms in total. The molecular formula is C22H23N5O3. The molecular weight excluding hydrogens is 382 g/mol. The van der Waals surface area contributed by atoms with Gasteiger partial charge in [-0.3, -0.25) is 9.48 Å². The fraction of sp³-hybridized carbons (Fsp3) is 0.273. The van der Waals surface area contributed by atoms with Gasteiger partial charge in [0.05, 0.1) is 30.3 Å². The van der Waals surface area contributed by atoms with Crippen molar-refractivity contribution in [1.82, 2.24) is 25.2 Å². The predicted octanol–water partition coefficient (Wildman–Crippen LogP) is 3.53. The molecule has 0 spiro atoms. The van der Waals surface area contributed by atoms with Crippen LogP contribution in [-0.2, 0) is 6.54 Å². The average Bonchev–Trinajstić information content (AvgIpc) is 3.33. The smallest absolute Gasteiger partial charge is 0.259 e. The number of carbonyl (C=O) groups is 1. The number of carbonyl (C=O) groups excluding carboxylic acids is 1. The number of pyridine rings is 1. The van der Waals surface area contributed by atoms with Gasteiger partial charge in [-0.25, -0.2) is 4.98 Å². The first-order chi connectivity index (χ1) is 14.4. The Morgan fingerprint density at radius 2 is 2.07 bits per heavy atom. The number of methoxy groups -OCH3 is 1. The number of aryl methyl sites for hydroxylation is 2. The Balaban J connectivity index is 1.68. The number of benzene rings is 1. The van der Waals surface area contributed by atoms with Gasteiger partial charge in [-0.15, -0.1) is 0 Å². The lowest BCUT2D eigenvalue weighted by molar-refractivity contribution is 0.0937. The summed E-state index contributed by atoms with van der Waals surface area (Å²) in [6.07, 6.45) is 1.90. The summed E-state index contributed by atoms with van der Waals surface area (Å²) in [7, 11) is 1.60. The van der Waals surface area contributed by atoms with Gasteiger partial charge in [0, 0.05) is 23.5 Å². The van der Waals surface area contributed by atoms with E-state index < -0.39 is 0 Å². The molecule has 1 aromatic carbocycles. The number of hydrogen-bond acceptors (Lipinski definition) is 6. The summed E-state index contributed by atoms with van der Waals surface area (Å²) in [6.45, 7) is 6.26. The zero-order valence-electron chi connectivity index (χ0n) is 17.3. The Bertz CT molecular complexity index is 1210. The Kier molecular flexibility index (Phi) is 5.22. The van der Waals surface area contributed by atoms with Crippen molar-refractivity contribution >= 4 is 17.0 Å². The van der Waals surface area contributed by atoms with Crippen LogP contribution >= 0.6 is 0 Å². The summed E-state index contributed by atoms with van der Waals surface area (Å²) in [5.74, 6) is 0.479. The molecule has 30 heavy (non-hydrogen) atoms. The van der Waals surface area contributed by atoms with E-state index in [9.17, 15) is 4.79 Å². The standard InChI is InChI=1S/C22H23N5O3/c1-13-8-9-27(25-13)12-15(3)23-21(28)18-10-14(2)24-22-19(18)20(26-30-22)16-6-5-7-17(11-16)29-4/h5-11,15H,12H2,1-4H3,(H,23,28). The van der Waals surface area contributed by atoms with Crippen molar-refractivity contribution in [2.24, 2.45) is 0 Å². The van der Waals surface area contributed by atoms with Crippen LogP contribution in [0.4, 0.5) is 0 Å². The molecule has 8 heteroatoms. The van der Waals surface area contributed by atoms with Crippen LogP contribution in [0.3, 0.4) is 0 Å². The lowest BCUT2D eigenvalue weighted by Gasteiger charge is -2.15. The summed E-state index contributed by atoms with van der Waals surface area (Å²) in [5, 5.41) is 12.2. The third-order valence-electron chi connectivity index (χ3n) is 4.77. The minimum Gasteiger partial charge on any atom is -0.497 e. The first-order valence-electron chi connectivity index (χ1n) is 9.67. The van der Waals surface area contributed by atoms with Crippen LogP contribution in [0.25, 0.3) is 22.4 Å². The molecule has 0 saturated carbocycles. The van der Waals surface area contributed by atoms with Crippen LogP contribution in [0.15, 0.2) is 47.1 Å². The third kappa shape index (κ3) is 3.89. The molecule has 4 aromatic rings. The average molecular weight is 405 g/mol. The van der Waals surface area contributed by atoms with E-state index in [1.165, 1.54) is 0 Å². The van der Waals surface area contributed by atoms with Crippen LogP contribution in [0, 0.1) is 13.8 Å². The van der Waals surface area contributed by atoms with E-state index in [1.54, 1.807) is 13.2 Å². The van der Waals surface area contributed by atoms with Gasteiger partial charge in [-0.2, -0.15) is 5.10 Å². The maximum Gasteiger partial charge on any atom is 0.259 e. The van der Waals surface area contributed by atoms with Gasteiger partial charge in [0.1, 0.15) is 11.4 Å². The largest absolute Gasteiger partial charge is 0.497 e. The molecule has 1 amide bonds. The molecule has 3 aromatic heterocycles. The van der Waals surface area contributed by atoms with E-state index in [-0.39, 0.29) is 11.9 Å². The predicted molar refractivity (Wildman–Crippen MR) is 112 cm³/mol. The molecule has 0 bridgehead atoms. The van der Waals surface area contributed by atoms with E-state index in [4.69, 9.17) is 9.26 Å². The third-order valence-corrected chi connectivity index (χ3v) is 4.77. The fourth-order valence-corrected chi connectivity index (χ4v) is 3.41. The number of hydrogen-bond donors (Lipinski definition) is 1. The van der Waals surface area contributed by atoms with Crippen molar-refractivity contribution in [2.75, 3.05) is 7.11 Å². The molecule has 0 saturated heterocycles. The highest BCUT2D eigenvalue weighted by Crippen LogP contribution is 2.32. The molecule has 0 fully saturated rings. The van der Waals surface area contributed by atoms with Crippen molar-refractivity contribution in [1.29, 1.82) is 0 Å². The van der Waals surface area contributed by atoms with Crippen LogP contribution in [0.2, 0.25) is 0 Å². The molecule has 154 valence electrons. The second-order valence-electron chi connectivity index (χ2n) is 7.31. The van der Waals surface area contributed by atoms with Gasteiger partial charge >= 0.3 is 0 Å². The number of nitrogens with zero attached hydrogens (tertiary/aromatic N) is 4. The quantitative estimate of drug-likeness (QED) is 0.527. The highest BCUT2D eigenvalue weighted by Gasteiger charge is 2.22.